The van der Waals surface area contributed by atoms with Crippen molar-refractivity contribution in [1.82, 2.24) is 0 Å². The van der Waals surface area contributed by atoms with Gasteiger partial charge in [-0.05, 0) is 17.6 Å². The molecule has 0 saturated carbocycles. The highest BCUT2D eigenvalue weighted by atomic mass is 19.4. The third-order valence-corrected chi connectivity index (χ3v) is 1.69. The van der Waals surface area contributed by atoms with E-state index in [9.17, 15) is 17.6 Å². The summed E-state index contributed by atoms with van der Waals surface area (Å²) in [4.78, 5) is 0. The third kappa shape index (κ3) is 2.39. The molecule has 8 heteroatoms. The average molecular weight is 224 g/mol. The zero-order valence-corrected chi connectivity index (χ0v) is 7.09. The first-order valence-corrected chi connectivity index (χ1v) is 3.69. The van der Waals surface area contributed by atoms with Gasteiger partial charge >= 0.3 is 13.3 Å². The van der Waals surface area contributed by atoms with E-state index in [2.05, 4.69) is 0 Å². The number of phenols is 1. The maximum Gasteiger partial charge on any atom is 0.488 e. The Balaban J connectivity index is 3.38. The molecule has 15 heavy (non-hydrogen) atoms. The van der Waals surface area contributed by atoms with Crippen LogP contribution < -0.4 is 5.46 Å². The lowest BCUT2D eigenvalue weighted by molar-refractivity contribution is -0.139. The highest BCUT2D eigenvalue weighted by Gasteiger charge is 2.36. The van der Waals surface area contributed by atoms with Crippen LogP contribution in [0.15, 0.2) is 12.1 Å². The molecule has 0 atom stereocenters. The van der Waals surface area contributed by atoms with Gasteiger partial charge in [0, 0.05) is 0 Å². The van der Waals surface area contributed by atoms with Crippen molar-refractivity contribution < 1.29 is 32.7 Å². The summed E-state index contributed by atoms with van der Waals surface area (Å²) in [6, 6.07) is 0.679. The van der Waals surface area contributed by atoms with Gasteiger partial charge in [-0.2, -0.15) is 13.2 Å². The Hall–Kier alpha value is -1.28. The van der Waals surface area contributed by atoms with E-state index in [1.54, 1.807) is 0 Å². The minimum absolute atomic E-state index is 0.267. The summed E-state index contributed by atoms with van der Waals surface area (Å²) < 4.78 is 49.3. The molecule has 1 aromatic carbocycles. The molecule has 0 aliphatic carbocycles. The zero-order valence-electron chi connectivity index (χ0n) is 7.09. The Kier molecular flexibility index (Phi) is 2.92. The second-order valence-corrected chi connectivity index (χ2v) is 2.77. The van der Waals surface area contributed by atoms with Crippen LogP contribution in [0.5, 0.6) is 5.75 Å². The van der Waals surface area contributed by atoms with Crippen LogP contribution in [-0.2, 0) is 6.18 Å². The molecule has 0 aliphatic heterocycles. The molecule has 0 saturated heterocycles. The van der Waals surface area contributed by atoms with Crippen LogP contribution in [0.1, 0.15) is 5.56 Å². The van der Waals surface area contributed by atoms with Gasteiger partial charge in [0.1, 0.15) is 0 Å². The van der Waals surface area contributed by atoms with E-state index >= 15 is 0 Å². The van der Waals surface area contributed by atoms with E-state index in [4.69, 9.17) is 15.2 Å². The highest BCUT2D eigenvalue weighted by molar-refractivity contribution is 6.58. The molecule has 0 spiro atoms. The van der Waals surface area contributed by atoms with Crippen molar-refractivity contribution >= 4 is 12.6 Å². The topological polar surface area (TPSA) is 60.7 Å². The Morgan fingerprint density at radius 2 is 1.67 bits per heavy atom. The lowest BCUT2D eigenvalue weighted by Gasteiger charge is -2.11. The van der Waals surface area contributed by atoms with Crippen molar-refractivity contribution in [2.45, 2.75) is 6.18 Å². The third-order valence-electron chi connectivity index (χ3n) is 1.69. The fourth-order valence-electron chi connectivity index (χ4n) is 0.985. The summed E-state index contributed by atoms with van der Waals surface area (Å²) in [6.07, 6.45) is -4.96. The number of aromatic hydroxyl groups is 1. The molecule has 3 N–H and O–H groups in total. The quantitative estimate of drug-likeness (QED) is 0.472. The summed E-state index contributed by atoms with van der Waals surface area (Å²) in [5, 5.41) is 25.9. The number of halogens is 4. The van der Waals surface area contributed by atoms with Gasteiger partial charge in [0.15, 0.2) is 11.6 Å². The SMILES string of the molecule is OB(O)c1cc(F)c(O)c(C(F)(F)F)c1. The number of benzene rings is 1. The highest BCUT2D eigenvalue weighted by Crippen LogP contribution is 2.36. The van der Waals surface area contributed by atoms with Gasteiger partial charge in [-0.25, -0.2) is 4.39 Å². The Morgan fingerprint density at radius 1 is 1.13 bits per heavy atom. The van der Waals surface area contributed by atoms with Gasteiger partial charge in [0.05, 0.1) is 5.56 Å². The van der Waals surface area contributed by atoms with Crippen LogP contribution in [-0.4, -0.2) is 22.3 Å². The summed E-state index contributed by atoms with van der Waals surface area (Å²) in [5.74, 6) is -3.13. The molecule has 0 unspecified atom stereocenters. The smallest absolute Gasteiger partial charge is 0.488 e. The number of phenolic OH excluding ortho intramolecular Hbond substituents is 1. The van der Waals surface area contributed by atoms with E-state index in [0.717, 1.165) is 0 Å². The predicted octanol–water partition coefficient (Wildman–Crippen LogP) is 0.230. The van der Waals surface area contributed by atoms with Crippen LogP contribution in [0, 0.1) is 5.82 Å². The van der Waals surface area contributed by atoms with E-state index < -0.39 is 35.9 Å². The maximum atomic E-state index is 12.8. The molecular formula is C7H5BF4O3. The lowest BCUT2D eigenvalue weighted by atomic mass is 9.79. The molecular weight excluding hydrogens is 219 g/mol. The molecule has 0 fully saturated rings. The first-order chi connectivity index (χ1) is 6.73. The molecule has 0 heterocycles. The van der Waals surface area contributed by atoms with E-state index in [1.165, 1.54) is 0 Å². The minimum atomic E-state index is -4.96. The zero-order chi connectivity index (χ0) is 11.8. The summed E-state index contributed by atoms with van der Waals surface area (Å²) in [7, 11) is -2.24. The molecule has 3 nitrogen and oxygen atoms in total. The monoisotopic (exact) mass is 224 g/mol. The number of rotatable bonds is 1. The first kappa shape index (κ1) is 11.8. The molecule has 1 aromatic rings. The van der Waals surface area contributed by atoms with Crippen LogP contribution in [0.25, 0.3) is 0 Å². The number of alkyl halides is 3. The van der Waals surface area contributed by atoms with Gasteiger partial charge in [0.25, 0.3) is 0 Å². The summed E-state index contributed by atoms with van der Waals surface area (Å²) in [5.41, 5.74) is -2.33. The maximum absolute atomic E-state index is 12.8. The normalized spacial score (nSPS) is 11.6. The molecule has 1 rings (SSSR count). The average Bonchev–Trinajstić information content (AvgIpc) is 2.06. The van der Waals surface area contributed by atoms with Gasteiger partial charge in [-0.15, -0.1) is 0 Å². The first-order valence-electron chi connectivity index (χ1n) is 3.69. The number of hydrogen-bond donors (Lipinski definition) is 3. The second kappa shape index (κ2) is 3.71. The van der Waals surface area contributed by atoms with Crippen molar-refractivity contribution in [2.24, 2.45) is 0 Å². The second-order valence-electron chi connectivity index (χ2n) is 2.77. The van der Waals surface area contributed by atoms with E-state index in [0.29, 0.717) is 6.07 Å². The predicted molar refractivity (Wildman–Crippen MR) is 42.9 cm³/mol. The fourth-order valence-corrected chi connectivity index (χ4v) is 0.985. The van der Waals surface area contributed by atoms with Crippen LogP contribution in [0.4, 0.5) is 17.6 Å². The van der Waals surface area contributed by atoms with Gasteiger partial charge in [-0.1, -0.05) is 0 Å². The molecule has 0 bridgehead atoms. The van der Waals surface area contributed by atoms with Gasteiger partial charge < -0.3 is 15.2 Å². The lowest BCUT2D eigenvalue weighted by Crippen LogP contribution is -2.31. The standard InChI is InChI=1S/C7H5BF4O3/c9-5-2-3(8(14)15)1-4(6(5)13)7(10,11)12/h1-2,13-15H. The van der Waals surface area contributed by atoms with Crippen molar-refractivity contribution in [2.75, 3.05) is 0 Å². The molecule has 0 aliphatic rings. The summed E-state index contributed by atoms with van der Waals surface area (Å²) in [6.45, 7) is 0. The van der Waals surface area contributed by atoms with Crippen molar-refractivity contribution in [3.8, 4) is 5.75 Å². The minimum Gasteiger partial charge on any atom is -0.504 e. The summed E-state index contributed by atoms with van der Waals surface area (Å²) >= 11 is 0. The molecule has 0 aromatic heterocycles. The molecule has 0 amide bonds. The molecule has 0 radical (unpaired) electrons. The van der Waals surface area contributed by atoms with Crippen LogP contribution in [0.2, 0.25) is 0 Å². The van der Waals surface area contributed by atoms with E-state index in [-0.39, 0.29) is 6.07 Å². The van der Waals surface area contributed by atoms with Crippen molar-refractivity contribution in [3.63, 3.8) is 0 Å². The Morgan fingerprint density at radius 3 is 2.07 bits per heavy atom. The van der Waals surface area contributed by atoms with Crippen molar-refractivity contribution in [1.29, 1.82) is 0 Å². The Labute approximate surface area is 81.7 Å². The van der Waals surface area contributed by atoms with Gasteiger partial charge in [0.2, 0.25) is 0 Å². The number of hydrogen-bond acceptors (Lipinski definition) is 3. The van der Waals surface area contributed by atoms with E-state index in [1.807, 2.05) is 0 Å². The largest absolute Gasteiger partial charge is 0.504 e. The fraction of sp³-hybridized carbons (Fsp3) is 0.143. The van der Waals surface area contributed by atoms with Crippen molar-refractivity contribution in [3.05, 3.63) is 23.5 Å². The Bertz CT molecular complexity index is 377. The van der Waals surface area contributed by atoms with Crippen LogP contribution >= 0.6 is 0 Å². The molecule has 82 valence electrons. The van der Waals surface area contributed by atoms with Crippen LogP contribution in [0.3, 0.4) is 0 Å². The van der Waals surface area contributed by atoms with Gasteiger partial charge in [-0.3, -0.25) is 0 Å².